The zero-order valence-electron chi connectivity index (χ0n) is 12.2. The highest BCUT2D eigenvalue weighted by atomic mass is 35.5. The number of nitrogens with zero attached hydrogens (tertiary/aromatic N) is 5. The van der Waals surface area contributed by atoms with Crippen LogP contribution in [0.2, 0.25) is 10.0 Å². The molecular formula is C16H10Cl2N6. The number of hydrogen-bond donors (Lipinski definition) is 1. The van der Waals surface area contributed by atoms with Crippen LogP contribution in [-0.2, 0) is 0 Å². The van der Waals surface area contributed by atoms with E-state index in [1.165, 1.54) is 6.33 Å². The van der Waals surface area contributed by atoms with Crippen LogP contribution < -0.4 is 5.32 Å². The van der Waals surface area contributed by atoms with Crippen LogP contribution in [0.5, 0.6) is 0 Å². The van der Waals surface area contributed by atoms with Crippen molar-refractivity contribution in [3.05, 3.63) is 65.3 Å². The summed E-state index contributed by atoms with van der Waals surface area (Å²) < 4.78 is 1.65. The van der Waals surface area contributed by atoms with Crippen LogP contribution in [0.25, 0.3) is 16.6 Å². The van der Waals surface area contributed by atoms with Gasteiger partial charge < -0.3 is 5.32 Å². The lowest BCUT2D eigenvalue weighted by Gasteiger charge is -2.06. The van der Waals surface area contributed by atoms with Gasteiger partial charge in [-0.3, -0.25) is 0 Å². The summed E-state index contributed by atoms with van der Waals surface area (Å²) in [5.41, 5.74) is 1.39. The Morgan fingerprint density at radius 2 is 1.79 bits per heavy atom. The smallest absolute Gasteiger partial charge is 0.142 e. The zero-order valence-corrected chi connectivity index (χ0v) is 13.7. The largest absolute Gasteiger partial charge is 0.324 e. The Morgan fingerprint density at radius 1 is 0.958 bits per heavy atom. The number of nitrogens with one attached hydrogen (secondary N) is 1. The van der Waals surface area contributed by atoms with Gasteiger partial charge in [0.1, 0.15) is 23.7 Å². The quantitative estimate of drug-likeness (QED) is 0.593. The van der Waals surface area contributed by atoms with Crippen molar-refractivity contribution >= 4 is 45.7 Å². The SMILES string of the molecule is Clc1cccc(Cl)c1-n1cc2c(Nc3ccncn3)nccc2n1. The van der Waals surface area contributed by atoms with Gasteiger partial charge in [0.25, 0.3) is 0 Å². The van der Waals surface area contributed by atoms with Crippen LogP contribution in [-0.4, -0.2) is 24.7 Å². The maximum Gasteiger partial charge on any atom is 0.142 e. The third-order valence-corrected chi connectivity index (χ3v) is 4.04. The molecule has 0 aliphatic rings. The number of halogens is 2. The van der Waals surface area contributed by atoms with Crippen molar-refractivity contribution in [1.82, 2.24) is 24.7 Å². The summed E-state index contributed by atoms with van der Waals surface area (Å²) >= 11 is 12.5. The van der Waals surface area contributed by atoms with E-state index in [1.807, 2.05) is 12.3 Å². The molecule has 4 rings (SSSR count). The molecule has 0 spiro atoms. The Bertz CT molecular complexity index is 995. The Balaban J connectivity index is 1.83. The first-order valence-electron chi connectivity index (χ1n) is 7.04. The first kappa shape index (κ1) is 14.9. The van der Waals surface area contributed by atoms with E-state index in [1.54, 1.807) is 41.3 Å². The molecule has 24 heavy (non-hydrogen) atoms. The van der Waals surface area contributed by atoms with Gasteiger partial charge in [-0.2, -0.15) is 5.10 Å². The van der Waals surface area contributed by atoms with Gasteiger partial charge in [0.05, 0.1) is 20.9 Å². The predicted molar refractivity (Wildman–Crippen MR) is 94.2 cm³/mol. The van der Waals surface area contributed by atoms with E-state index in [4.69, 9.17) is 23.2 Å². The summed E-state index contributed by atoms with van der Waals surface area (Å²) in [6, 6.07) is 8.92. The number of hydrogen-bond acceptors (Lipinski definition) is 5. The highest BCUT2D eigenvalue weighted by molar-refractivity contribution is 6.37. The lowest BCUT2D eigenvalue weighted by molar-refractivity contribution is 0.897. The van der Waals surface area contributed by atoms with E-state index in [2.05, 4.69) is 25.4 Å². The fourth-order valence-corrected chi connectivity index (χ4v) is 2.92. The molecule has 0 amide bonds. The molecule has 0 saturated heterocycles. The van der Waals surface area contributed by atoms with Crippen LogP contribution >= 0.6 is 23.2 Å². The van der Waals surface area contributed by atoms with Crippen molar-refractivity contribution < 1.29 is 0 Å². The molecule has 0 bridgehead atoms. The predicted octanol–water partition coefficient (Wildman–Crippen LogP) is 4.26. The second kappa shape index (κ2) is 6.07. The second-order valence-corrected chi connectivity index (χ2v) is 5.77. The molecule has 0 aliphatic heterocycles. The second-order valence-electron chi connectivity index (χ2n) is 4.96. The first-order chi connectivity index (χ1) is 11.7. The normalized spacial score (nSPS) is 10.9. The van der Waals surface area contributed by atoms with Gasteiger partial charge in [-0.15, -0.1) is 0 Å². The third kappa shape index (κ3) is 2.66. The van der Waals surface area contributed by atoms with Crippen molar-refractivity contribution in [1.29, 1.82) is 0 Å². The molecule has 0 atom stereocenters. The molecule has 8 heteroatoms. The van der Waals surface area contributed by atoms with E-state index in [-0.39, 0.29) is 0 Å². The van der Waals surface area contributed by atoms with Gasteiger partial charge in [0, 0.05) is 18.6 Å². The molecular weight excluding hydrogens is 347 g/mol. The van der Waals surface area contributed by atoms with Crippen LogP contribution in [0.3, 0.4) is 0 Å². The third-order valence-electron chi connectivity index (χ3n) is 3.43. The maximum atomic E-state index is 6.27. The first-order valence-corrected chi connectivity index (χ1v) is 7.80. The van der Waals surface area contributed by atoms with Crippen molar-refractivity contribution in [2.75, 3.05) is 5.32 Å². The molecule has 1 N–H and O–H groups in total. The molecule has 0 unspecified atom stereocenters. The highest BCUT2D eigenvalue weighted by Crippen LogP contribution is 2.30. The number of pyridine rings is 1. The summed E-state index contributed by atoms with van der Waals surface area (Å²) in [6.07, 6.45) is 6.63. The van der Waals surface area contributed by atoms with E-state index in [0.29, 0.717) is 27.4 Å². The van der Waals surface area contributed by atoms with E-state index in [0.717, 1.165) is 10.9 Å². The molecule has 4 aromatic rings. The van der Waals surface area contributed by atoms with Crippen molar-refractivity contribution in [2.45, 2.75) is 0 Å². The summed E-state index contributed by atoms with van der Waals surface area (Å²) in [6.45, 7) is 0. The fraction of sp³-hybridized carbons (Fsp3) is 0. The molecule has 0 saturated carbocycles. The fourth-order valence-electron chi connectivity index (χ4n) is 2.35. The van der Waals surface area contributed by atoms with Gasteiger partial charge in [0.2, 0.25) is 0 Å². The number of para-hydroxylation sites is 1. The average Bonchev–Trinajstić information content (AvgIpc) is 3.00. The van der Waals surface area contributed by atoms with Gasteiger partial charge in [-0.05, 0) is 24.3 Å². The molecule has 1 aromatic carbocycles. The Hall–Kier alpha value is -2.70. The summed E-state index contributed by atoms with van der Waals surface area (Å²) in [4.78, 5) is 12.4. The Labute approximate surface area is 147 Å². The summed E-state index contributed by atoms with van der Waals surface area (Å²) in [7, 11) is 0. The van der Waals surface area contributed by atoms with E-state index < -0.39 is 0 Å². The molecule has 0 fully saturated rings. The van der Waals surface area contributed by atoms with Crippen LogP contribution in [0.15, 0.2) is 55.2 Å². The van der Waals surface area contributed by atoms with E-state index in [9.17, 15) is 0 Å². The molecule has 0 radical (unpaired) electrons. The van der Waals surface area contributed by atoms with Crippen molar-refractivity contribution in [2.24, 2.45) is 0 Å². The van der Waals surface area contributed by atoms with Crippen LogP contribution in [0.4, 0.5) is 11.6 Å². The topological polar surface area (TPSA) is 68.5 Å². The lowest BCUT2D eigenvalue weighted by atomic mass is 10.3. The van der Waals surface area contributed by atoms with Crippen molar-refractivity contribution in [3.63, 3.8) is 0 Å². The van der Waals surface area contributed by atoms with Gasteiger partial charge in [0.15, 0.2) is 0 Å². The number of aromatic nitrogens is 5. The Morgan fingerprint density at radius 3 is 2.54 bits per heavy atom. The monoisotopic (exact) mass is 356 g/mol. The van der Waals surface area contributed by atoms with Gasteiger partial charge in [-0.1, -0.05) is 29.3 Å². The van der Waals surface area contributed by atoms with E-state index >= 15 is 0 Å². The van der Waals surface area contributed by atoms with Crippen LogP contribution in [0.1, 0.15) is 0 Å². The average molecular weight is 357 g/mol. The Kier molecular flexibility index (Phi) is 3.76. The minimum absolute atomic E-state index is 0.522. The standard InChI is InChI=1S/C16H10Cl2N6/c17-11-2-1-3-12(18)15(11)24-8-10-13(23-24)4-7-20-16(10)22-14-5-6-19-9-21-14/h1-9H,(H,19,20,21,22). The van der Waals surface area contributed by atoms with Crippen LogP contribution in [0, 0.1) is 0 Å². The maximum absolute atomic E-state index is 6.27. The molecule has 118 valence electrons. The molecule has 3 heterocycles. The van der Waals surface area contributed by atoms with Crippen molar-refractivity contribution in [3.8, 4) is 5.69 Å². The molecule has 3 aromatic heterocycles. The molecule has 6 nitrogen and oxygen atoms in total. The zero-order chi connectivity index (χ0) is 16.5. The number of benzene rings is 1. The summed E-state index contributed by atoms with van der Waals surface area (Å²) in [5, 5.41) is 9.57. The number of anilines is 2. The minimum Gasteiger partial charge on any atom is -0.324 e. The van der Waals surface area contributed by atoms with Gasteiger partial charge >= 0.3 is 0 Å². The molecule has 0 aliphatic carbocycles. The minimum atomic E-state index is 0.522. The highest BCUT2D eigenvalue weighted by Gasteiger charge is 2.13. The van der Waals surface area contributed by atoms with Gasteiger partial charge in [-0.25, -0.2) is 19.6 Å². The lowest BCUT2D eigenvalue weighted by Crippen LogP contribution is -1.96. The number of fused-ring (bicyclic) bond motifs is 1. The summed E-state index contributed by atoms with van der Waals surface area (Å²) in [5.74, 6) is 1.29. The number of rotatable bonds is 3.